The molecule has 0 aliphatic carbocycles. The summed E-state index contributed by atoms with van der Waals surface area (Å²) in [6.45, 7) is 0.164. The Labute approximate surface area is 205 Å². The van der Waals surface area contributed by atoms with Crippen molar-refractivity contribution in [3.05, 3.63) is 57.6 Å². The Hall–Kier alpha value is -1.86. The predicted molar refractivity (Wildman–Crippen MR) is 123 cm³/mol. The lowest BCUT2D eigenvalue weighted by molar-refractivity contribution is -0.0598. The first kappa shape index (κ1) is 26.7. The number of aliphatic hydroxyl groups is 1. The summed E-state index contributed by atoms with van der Waals surface area (Å²) in [6.07, 6.45) is 1.11. The summed E-state index contributed by atoms with van der Waals surface area (Å²) in [5.41, 5.74) is -0.993. The van der Waals surface area contributed by atoms with E-state index in [-0.39, 0.29) is 40.9 Å². The van der Waals surface area contributed by atoms with Crippen LogP contribution in [0.25, 0.3) is 0 Å². The van der Waals surface area contributed by atoms with E-state index >= 15 is 0 Å². The van der Waals surface area contributed by atoms with Gasteiger partial charge in [0.2, 0.25) is 10.0 Å². The summed E-state index contributed by atoms with van der Waals surface area (Å²) in [5, 5.41) is 9.14. The molecule has 34 heavy (non-hydrogen) atoms. The number of hydrogen-bond acceptors (Lipinski definition) is 6. The van der Waals surface area contributed by atoms with Crippen LogP contribution in [0.1, 0.15) is 29.6 Å². The summed E-state index contributed by atoms with van der Waals surface area (Å²) < 4.78 is 60.5. The molecule has 0 bridgehead atoms. The van der Waals surface area contributed by atoms with Gasteiger partial charge < -0.3 is 9.84 Å². The number of amides is 1. The Balaban J connectivity index is 1.88. The van der Waals surface area contributed by atoms with Crippen LogP contribution in [0.3, 0.4) is 0 Å². The van der Waals surface area contributed by atoms with Crippen molar-refractivity contribution in [1.82, 2.24) is 4.31 Å². The van der Waals surface area contributed by atoms with E-state index in [9.17, 15) is 27.1 Å². The van der Waals surface area contributed by atoms with Gasteiger partial charge in [0.15, 0.2) is 11.6 Å². The molecule has 1 fully saturated rings. The molecule has 0 radical (unpaired) electrons. The van der Waals surface area contributed by atoms with Crippen molar-refractivity contribution in [2.45, 2.75) is 29.8 Å². The highest BCUT2D eigenvalue weighted by atomic mass is 35.5. The summed E-state index contributed by atoms with van der Waals surface area (Å²) in [6, 6.07) is 5.23. The highest BCUT2D eigenvalue weighted by Gasteiger charge is 2.39. The molecule has 1 saturated heterocycles. The molecule has 2 aromatic carbocycles. The second-order valence-electron chi connectivity index (χ2n) is 7.81. The van der Waals surface area contributed by atoms with Gasteiger partial charge >= 0.3 is 0 Å². The number of aliphatic hydroxyl groups excluding tert-OH is 1. The molecule has 186 valence electrons. The number of benzene rings is 2. The number of nitrogens with two attached hydrogens (primary N) is 1. The molecule has 3 rings (SSSR count). The first-order valence-electron chi connectivity index (χ1n) is 10.1. The molecule has 8 nitrogen and oxygen atoms in total. The number of rotatable bonds is 7. The van der Waals surface area contributed by atoms with E-state index in [2.05, 4.69) is 0 Å². The minimum Gasteiger partial charge on any atom is -0.396 e. The highest BCUT2D eigenvalue weighted by molar-refractivity contribution is 7.89. The van der Waals surface area contributed by atoms with Crippen molar-refractivity contribution < 1.29 is 31.8 Å². The molecule has 1 aliphatic rings. The van der Waals surface area contributed by atoms with Crippen LogP contribution < -0.4 is 10.9 Å². The Morgan fingerprint density at radius 1 is 1.21 bits per heavy atom. The molecule has 0 aromatic heterocycles. The molecule has 0 saturated carbocycles. The Morgan fingerprint density at radius 3 is 2.41 bits per heavy atom. The minimum absolute atomic E-state index is 0.0880. The summed E-state index contributed by atoms with van der Waals surface area (Å²) in [5.74, 6) is 2.30. The third-order valence-electron chi connectivity index (χ3n) is 5.90. The number of nitrogens with zero attached hydrogens (tertiary/aromatic N) is 2. The van der Waals surface area contributed by atoms with E-state index in [0.717, 1.165) is 12.1 Å². The first-order chi connectivity index (χ1) is 16.0. The van der Waals surface area contributed by atoms with E-state index in [4.69, 9.17) is 33.8 Å². The van der Waals surface area contributed by atoms with Crippen LogP contribution in [-0.4, -0.2) is 56.1 Å². The maximum Gasteiger partial charge on any atom is 0.272 e. The van der Waals surface area contributed by atoms with Crippen molar-refractivity contribution in [1.29, 1.82) is 0 Å². The van der Waals surface area contributed by atoms with Crippen molar-refractivity contribution in [2.24, 2.45) is 5.84 Å². The van der Waals surface area contributed by atoms with Crippen LogP contribution in [0.15, 0.2) is 35.2 Å². The van der Waals surface area contributed by atoms with Crippen molar-refractivity contribution in [3.63, 3.8) is 0 Å². The highest BCUT2D eigenvalue weighted by Crippen LogP contribution is 2.34. The van der Waals surface area contributed by atoms with Crippen LogP contribution in [-0.2, 0) is 14.8 Å². The SMILES string of the molecule is COC1(CCO)CCN(S(=O)(=O)c2cc(C(=O)N(N)c3cc(F)c(F)c(Cl)c3)ccc2Cl)CC1. The largest absolute Gasteiger partial charge is 0.396 e. The normalized spacial score (nSPS) is 16.4. The lowest BCUT2D eigenvalue weighted by Crippen LogP contribution is -2.48. The number of hydrogen-bond donors (Lipinski definition) is 2. The fourth-order valence-corrected chi connectivity index (χ4v) is 5.95. The molecule has 1 heterocycles. The van der Waals surface area contributed by atoms with Crippen LogP contribution in [0.4, 0.5) is 14.5 Å². The fraction of sp³-hybridized carbons (Fsp3) is 0.381. The maximum atomic E-state index is 13.7. The second-order valence-corrected chi connectivity index (χ2v) is 10.5. The zero-order valence-electron chi connectivity index (χ0n) is 18.1. The monoisotopic (exact) mass is 537 g/mol. The van der Waals surface area contributed by atoms with Gasteiger partial charge in [-0.25, -0.2) is 28.1 Å². The second kappa shape index (κ2) is 10.4. The fourth-order valence-electron chi connectivity index (χ4n) is 3.80. The van der Waals surface area contributed by atoms with Crippen LogP contribution in [0.2, 0.25) is 10.0 Å². The van der Waals surface area contributed by atoms with Gasteiger partial charge in [-0.15, -0.1) is 0 Å². The molecular weight excluding hydrogens is 515 g/mol. The number of carbonyl (C=O) groups is 1. The molecule has 3 N–H and O–H groups in total. The number of carbonyl (C=O) groups excluding carboxylic acids is 1. The number of anilines is 1. The van der Waals surface area contributed by atoms with Gasteiger partial charge in [0.1, 0.15) is 4.90 Å². The Morgan fingerprint density at radius 2 is 1.85 bits per heavy atom. The molecule has 0 atom stereocenters. The van der Waals surface area contributed by atoms with Gasteiger partial charge in [0.05, 0.1) is 21.3 Å². The first-order valence-corrected chi connectivity index (χ1v) is 12.3. The van der Waals surface area contributed by atoms with E-state index in [1.165, 1.54) is 23.5 Å². The third kappa shape index (κ3) is 5.20. The van der Waals surface area contributed by atoms with Crippen molar-refractivity contribution >= 4 is 44.8 Å². The molecule has 13 heteroatoms. The van der Waals surface area contributed by atoms with Gasteiger partial charge in [-0.3, -0.25) is 4.79 Å². The van der Waals surface area contributed by atoms with Crippen molar-refractivity contribution in [3.8, 4) is 0 Å². The number of piperidine rings is 1. The Kier molecular flexibility index (Phi) is 8.18. The van der Waals surface area contributed by atoms with Gasteiger partial charge in [-0.2, -0.15) is 4.31 Å². The zero-order chi connectivity index (χ0) is 25.3. The van der Waals surface area contributed by atoms with Gasteiger partial charge in [0.25, 0.3) is 5.91 Å². The number of halogens is 4. The average molecular weight is 538 g/mol. The summed E-state index contributed by atoms with van der Waals surface area (Å²) in [4.78, 5) is 12.6. The standard InChI is InChI=1S/C21H23Cl2F2N3O5S/c1-33-21(6-9-29)4-7-27(8-5-21)34(31,32)18-10-13(2-3-15(18)22)20(30)28(26)14-11-16(23)19(25)17(24)12-14/h2-3,10-12,29H,4-9,26H2,1H3. The molecule has 2 aromatic rings. The number of hydrazine groups is 1. The summed E-state index contributed by atoms with van der Waals surface area (Å²) in [7, 11) is -2.57. The summed E-state index contributed by atoms with van der Waals surface area (Å²) >= 11 is 11.8. The Bertz CT molecular complexity index is 1170. The smallest absolute Gasteiger partial charge is 0.272 e. The quantitative estimate of drug-likeness (QED) is 0.242. The molecule has 1 amide bonds. The topological polar surface area (TPSA) is 113 Å². The number of ether oxygens (including phenoxy) is 1. The lowest BCUT2D eigenvalue weighted by Gasteiger charge is -2.40. The third-order valence-corrected chi connectivity index (χ3v) is 8.55. The minimum atomic E-state index is -4.09. The van der Waals surface area contributed by atoms with E-state index < -0.39 is 38.2 Å². The van der Waals surface area contributed by atoms with Crippen molar-refractivity contribution in [2.75, 3.05) is 31.8 Å². The molecular formula is C21H23Cl2F2N3O5S. The van der Waals surface area contributed by atoms with E-state index in [0.29, 0.717) is 30.3 Å². The van der Waals surface area contributed by atoms with Gasteiger partial charge in [0, 0.05) is 38.4 Å². The van der Waals surface area contributed by atoms with Crippen LogP contribution in [0, 0.1) is 11.6 Å². The zero-order valence-corrected chi connectivity index (χ0v) is 20.4. The molecule has 0 unspecified atom stereocenters. The number of methoxy groups -OCH3 is 1. The van der Waals surface area contributed by atoms with Crippen LogP contribution in [0.5, 0.6) is 0 Å². The average Bonchev–Trinajstić information content (AvgIpc) is 2.82. The predicted octanol–water partition coefficient (Wildman–Crippen LogP) is 3.34. The lowest BCUT2D eigenvalue weighted by atomic mass is 9.89. The number of sulfonamides is 1. The van der Waals surface area contributed by atoms with Gasteiger partial charge in [-0.05, 0) is 43.5 Å². The molecule has 0 spiro atoms. The van der Waals surface area contributed by atoms with Crippen LogP contribution >= 0.6 is 23.2 Å². The maximum absolute atomic E-state index is 13.7. The van der Waals surface area contributed by atoms with E-state index in [1.54, 1.807) is 0 Å². The van der Waals surface area contributed by atoms with Gasteiger partial charge in [-0.1, -0.05) is 23.2 Å². The van der Waals surface area contributed by atoms with E-state index in [1.807, 2.05) is 0 Å². The molecule has 1 aliphatic heterocycles.